The standard InChI is InChI=1S/C30H32Cl2N2O2/c1-21-8-7-11-23(16-21)19-29(35)34(20-24-14-15-26(31)27(32)17-24)28(18-22-9-3-2-4-10-22)30(36)33-25-12-5-6-13-25/h2-4,7-11,14-17,25,28H,5-6,12-13,18-20H2,1H3,(H,33,36). The number of nitrogens with zero attached hydrogens (tertiary/aromatic N) is 1. The molecule has 1 unspecified atom stereocenters. The van der Waals surface area contributed by atoms with Crippen LogP contribution < -0.4 is 5.32 Å². The molecule has 1 aliphatic carbocycles. The zero-order chi connectivity index (χ0) is 25.5. The van der Waals surface area contributed by atoms with Crippen molar-refractivity contribution in [1.82, 2.24) is 10.2 Å². The van der Waals surface area contributed by atoms with Gasteiger partial charge in [-0.05, 0) is 48.6 Å². The van der Waals surface area contributed by atoms with Crippen molar-refractivity contribution in [3.63, 3.8) is 0 Å². The van der Waals surface area contributed by atoms with Crippen molar-refractivity contribution >= 4 is 35.0 Å². The Kier molecular flexibility index (Phi) is 9.06. The van der Waals surface area contributed by atoms with Crippen LogP contribution in [0, 0.1) is 6.92 Å². The summed E-state index contributed by atoms with van der Waals surface area (Å²) < 4.78 is 0. The Morgan fingerprint density at radius 1 is 0.889 bits per heavy atom. The number of amides is 2. The first kappa shape index (κ1) is 26.2. The summed E-state index contributed by atoms with van der Waals surface area (Å²) >= 11 is 12.4. The van der Waals surface area contributed by atoms with Crippen LogP contribution in [-0.2, 0) is 29.0 Å². The Hall–Kier alpha value is -2.82. The second kappa shape index (κ2) is 12.4. The van der Waals surface area contributed by atoms with Crippen molar-refractivity contribution in [3.05, 3.63) is 105 Å². The minimum Gasteiger partial charge on any atom is -0.352 e. The third-order valence-corrected chi connectivity index (χ3v) is 7.49. The molecule has 0 saturated heterocycles. The van der Waals surface area contributed by atoms with Gasteiger partial charge in [0.15, 0.2) is 0 Å². The summed E-state index contributed by atoms with van der Waals surface area (Å²) in [6.45, 7) is 2.27. The van der Waals surface area contributed by atoms with Gasteiger partial charge in [0, 0.05) is 19.0 Å². The van der Waals surface area contributed by atoms with Gasteiger partial charge in [-0.3, -0.25) is 9.59 Å². The van der Waals surface area contributed by atoms with E-state index in [-0.39, 0.29) is 30.8 Å². The fraction of sp³-hybridized carbons (Fsp3) is 0.333. The van der Waals surface area contributed by atoms with Crippen molar-refractivity contribution in [2.24, 2.45) is 0 Å². The van der Waals surface area contributed by atoms with Crippen LogP contribution in [0.1, 0.15) is 47.9 Å². The van der Waals surface area contributed by atoms with E-state index in [1.165, 1.54) is 0 Å². The zero-order valence-corrected chi connectivity index (χ0v) is 22.1. The van der Waals surface area contributed by atoms with Gasteiger partial charge in [-0.25, -0.2) is 0 Å². The third kappa shape index (κ3) is 7.11. The highest BCUT2D eigenvalue weighted by Crippen LogP contribution is 2.25. The van der Waals surface area contributed by atoms with Crippen LogP contribution in [-0.4, -0.2) is 28.8 Å². The number of carbonyl (C=O) groups excluding carboxylic acids is 2. The fourth-order valence-electron chi connectivity index (χ4n) is 4.85. The first-order chi connectivity index (χ1) is 17.4. The highest BCUT2D eigenvalue weighted by molar-refractivity contribution is 6.42. The molecule has 0 bridgehead atoms. The smallest absolute Gasteiger partial charge is 0.243 e. The molecule has 1 atom stereocenters. The molecule has 1 aliphatic rings. The van der Waals surface area contributed by atoms with Crippen molar-refractivity contribution in [3.8, 4) is 0 Å². The molecule has 1 N–H and O–H groups in total. The van der Waals surface area contributed by atoms with E-state index in [1.54, 1.807) is 17.0 Å². The normalized spacial score (nSPS) is 14.4. The van der Waals surface area contributed by atoms with Crippen LogP contribution >= 0.6 is 23.2 Å². The summed E-state index contributed by atoms with van der Waals surface area (Å²) in [7, 11) is 0. The first-order valence-corrected chi connectivity index (χ1v) is 13.3. The molecule has 3 aromatic rings. The van der Waals surface area contributed by atoms with E-state index in [9.17, 15) is 9.59 Å². The fourth-order valence-corrected chi connectivity index (χ4v) is 5.18. The molecule has 0 radical (unpaired) electrons. The molecule has 4 rings (SSSR count). The Labute approximate surface area is 223 Å². The van der Waals surface area contributed by atoms with E-state index in [1.807, 2.05) is 67.6 Å². The molecule has 6 heteroatoms. The van der Waals surface area contributed by atoms with E-state index in [2.05, 4.69) is 5.32 Å². The molecular formula is C30H32Cl2N2O2. The third-order valence-electron chi connectivity index (χ3n) is 6.75. The van der Waals surface area contributed by atoms with Crippen LogP contribution in [0.15, 0.2) is 72.8 Å². The summed E-state index contributed by atoms with van der Waals surface area (Å²) in [6.07, 6.45) is 4.84. The maximum Gasteiger partial charge on any atom is 0.243 e. The Bertz CT molecular complexity index is 1190. The molecular weight excluding hydrogens is 491 g/mol. The zero-order valence-electron chi connectivity index (χ0n) is 20.6. The molecule has 0 heterocycles. The van der Waals surface area contributed by atoms with E-state index >= 15 is 0 Å². The largest absolute Gasteiger partial charge is 0.352 e. The topological polar surface area (TPSA) is 49.4 Å². The predicted octanol–water partition coefficient (Wildman–Crippen LogP) is 6.54. The number of benzene rings is 3. The van der Waals surface area contributed by atoms with Crippen molar-refractivity contribution in [1.29, 1.82) is 0 Å². The van der Waals surface area contributed by atoms with Gasteiger partial charge in [-0.1, -0.05) is 102 Å². The molecule has 0 spiro atoms. The molecule has 0 aliphatic heterocycles. The van der Waals surface area contributed by atoms with E-state index < -0.39 is 6.04 Å². The molecule has 1 fully saturated rings. The lowest BCUT2D eigenvalue weighted by Crippen LogP contribution is -2.52. The number of nitrogens with one attached hydrogen (secondary N) is 1. The lowest BCUT2D eigenvalue weighted by atomic mass is 10.0. The van der Waals surface area contributed by atoms with Crippen LogP contribution in [0.2, 0.25) is 10.0 Å². The summed E-state index contributed by atoms with van der Waals surface area (Å²) in [6, 6.07) is 22.7. The van der Waals surface area contributed by atoms with Gasteiger partial charge in [0.1, 0.15) is 6.04 Å². The van der Waals surface area contributed by atoms with Crippen LogP contribution in [0.4, 0.5) is 0 Å². The monoisotopic (exact) mass is 522 g/mol. The lowest BCUT2D eigenvalue weighted by Gasteiger charge is -2.32. The molecule has 1 saturated carbocycles. The molecule has 4 nitrogen and oxygen atoms in total. The van der Waals surface area contributed by atoms with Crippen molar-refractivity contribution in [2.45, 2.75) is 64.1 Å². The average Bonchev–Trinajstić information content (AvgIpc) is 3.37. The number of hydrogen-bond acceptors (Lipinski definition) is 2. The van der Waals surface area contributed by atoms with E-state index in [4.69, 9.17) is 23.2 Å². The molecule has 2 amide bonds. The molecule has 3 aromatic carbocycles. The predicted molar refractivity (Wildman–Crippen MR) is 146 cm³/mol. The van der Waals surface area contributed by atoms with Gasteiger partial charge in [-0.2, -0.15) is 0 Å². The summed E-state index contributed by atoms with van der Waals surface area (Å²) in [5, 5.41) is 4.12. The minimum atomic E-state index is -0.653. The minimum absolute atomic E-state index is 0.103. The first-order valence-electron chi connectivity index (χ1n) is 12.5. The molecule has 0 aromatic heterocycles. The second-order valence-electron chi connectivity index (χ2n) is 9.63. The van der Waals surface area contributed by atoms with Gasteiger partial charge in [0.2, 0.25) is 11.8 Å². The SMILES string of the molecule is Cc1cccc(CC(=O)N(Cc2ccc(Cl)c(Cl)c2)C(Cc2ccccc2)C(=O)NC2CCCC2)c1. The Morgan fingerprint density at radius 2 is 1.61 bits per heavy atom. The average molecular weight is 524 g/mol. The van der Waals surface area contributed by atoms with E-state index in [0.29, 0.717) is 16.5 Å². The number of rotatable bonds is 9. The number of aryl methyl sites for hydroxylation is 1. The highest BCUT2D eigenvalue weighted by Gasteiger charge is 2.32. The van der Waals surface area contributed by atoms with Gasteiger partial charge in [0.05, 0.1) is 16.5 Å². The second-order valence-corrected chi connectivity index (χ2v) is 10.4. The van der Waals surface area contributed by atoms with Gasteiger partial charge >= 0.3 is 0 Å². The van der Waals surface area contributed by atoms with Crippen LogP contribution in [0.25, 0.3) is 0 Å². The summed E-state index contributed by atoms with van der Waals surface area (Å²) in [4.78, 5) is 29.3. The lowest BCUT2D eigenvalue weighted by molar-refractivity contribution is -0.141. The summed E-state index contributed by atoms with van der Waals surface area (Å²) in [5.41, 5.74) is 3.85. The highest BCUT2D eigenvalue weighted by atomic mass is 35.5. The molecule has 188 valence electrons. The van der Waals surface area contributed by atoms with Crippen molar-refractivity contribution < 1.29 is 9.59 Å². The van der Waals surface area contributed by atoms with Crippen LogP contribution in [0.5, 0.6) is 0 Å². The van der Waals surface area contributed by atoms with Gasteiger partial charge < -0.3 is 10.2 Å². The Morgan fingerprint density at radius 3 is 2.31 bits per heavy atom. The maximum atomic E-state index is 13.8. The number of carbonyl (C=O) groups is 2. The number of hydrogen-bond donors (Lipinski definition) is 1. The summed E-state index contributed by atoms with van der Waals surface area (Å²) in [5.74, 6) is -0.211. The van der Waals surface area contributed by atoms with Crippen molar-refractivity contribution in [2.75, 3.05) is 0 Å². The maximum absolute atomic E-state index is 13.8. The van der Waals surface area contributed by atoms with Gasteiger partial charge in [0.25, 0.3) is 0 Å². The number of halogens is 2. The van der Waals surface area contributed by atoms with Gasteiger partial charge in [-0.15, -0.1) is 0 Å². The molecule has 36 heavy (non-hydrogen) atoms. The van der Waals surface area contributed by atoms with E-state index in [0.717, 1.165) is 47.9 Å². The quantitative estimate of drug-likeness (QED) is 0.346. The van der Waals surface area contributed by atoms with Crippen LogP contribution in [0.3, 0.4) is 0 Å². The Balaban J connectivity index is 1.67.